The van der Waals surface area contributed by atoms with E-state index in [1.54, 1.807) is 12.4 Å². The monoisotopic (exact) mass is 238 g/mol. The summed E-state index contributed by atoms with van der Waals surface area (Å²) in [5.74, 6) is 0. The van der Waals surface area contributed by atoms with Gasteiger partial charge in [-0.05, 0) is 38.5 Å². The summed E-state index contributed by atoms with van der Waals surface area (Å²) in [6.45, 7) is 9.95. The molecule has 17 heavy (non-hydrogen) atoms. The molecule has 0 atom stereocenters. The maximum Gasteiger partial charge on any atom is 0.407 e. The van der Waals surface area contributed by atoms with E-state index in [1.165, 1.54) is 0 Å². The van der Waals surface area contributed by atoms with Gasteiger partial charge in [0.2, 0.25) is 0 Å². The molecule has 0 unspecified atom stereocenters. The first-order valence-corrected chi connectivity index (χ1v) is 5.83. The Morgan fingerprint density at radius 1 is 1.29 bits per heavy atom. The maximum absolute atomic E-state index is 11.3. The molecule has 0 radical (unpaired) electrons. The van der Waals surface area contributed by atoms with Crippen LogP contribution in [0.4, 0.5) is 4.79 Å². The molecule has 0 spiro atoms. The van der Waals surface area contributed by atoms with Gasteiger partial charge in [0, 0.05) is 18.9 Å². The molecule has 1 aromatic heterocycles. The molecule has 4 nitrogen and oxygen atoms in total. The average molecular weight is 238 g/mol. The number of nitrogens with zero attached hydrogens (tertiary/aromatic N) is 1. The first kappa shape index (κ1) is 15.4. The molecule has 0 bridgehead atoms. The third-order valence-electron chi connectivity index (χ3n) is 1.59. The SMILES string of the molecule is CC.CC(C)(C)OC(=O)NCc1ccncc1. The Hall–Kier alpha value is -1.58. The van der Waals surface area contributed by atoms with Gasteiger partial charge < -0.3 is 10.1 Å². The minimum atomic E-state index is -0.456. The third kappa shape index (κ3) is 8.25. The van der Waals surface area contributed by atoms with Crippen LogP contribution in [0.25, 0.3) is 0 Å². The molecule has 1 aromatic rings. The van der Waals surface area contributed by atoms with Crippen LogP contribution in [0.2, 0.25) is 0 Å². The van der Waals surface area contributed by atoms with E-state index in [0.717, 1.165) is 5.56 Å². The number of nitrogens with one attached hydrogen (secondary N) is 1. The highest BCUT2D eigenvalue weighted by Crippen LogP contribution is 2.06. The number of ether oxygens (including phenoxy) is 1. The largest absolute Gasteiger partial charge is 0.444 e. The predicted octanol–water partition coefficient (Wildman–Crippen LogP) is 3.13. The Labute approximate surface area is 103 Å². The van der Waals surface area contributed by atoms with Gasteiger partial charge in [0.15, 0.2) is 0 Å². The van der Waals surface area contributed by atoms with E-state index in [9.17, 15) is 4.79 Å². The Balaban J connectivity index is 0.00000121. The maximum atomic E-state index is 11.3. The van der Waals surface area contributed by atoms with Gasteiger partial charge in [0.05, 0.1) is 0 Å². The average Bonchev–Trinajstić information content (AvgIpc) is 2.28. The van der Waals surface area contributed by atoms with Crippen molar-refractivity contribution < 1.29 is 9.53 Å². The van der Waals surface area contributed by atoms with Gasteiger partial charge in [-0.2, -0.15) is 0 Å². The topological polar surface area (TPSA) is 51.2 Å². The minimum Gasteiger partial charge on any atom is -0.444 e. The van der Waals surface area contributed by atoms with Crippen LogP contribution in [0.15, 0.2) is 24.5 Å². The Morgan fingerprint density at radius 3 is 2.29 bits per heavy atom. The molecule has 1 heterocycles. The van der Waals surface area contributed by atoms with Gasteiger partial charge in [-0.1, -0.05) is 13.8 Å². The van der Waals surface area contributed by atoms with Crippen molar-refractivity contribution in [2.24, 2.45) is 0 Å². The third-order valence-corrected chi connectivity index (χ3v) is 1.59. The second-order valence-electron chi connectivity index (χ2n) is 4.21. The van der Waals surface area contributed by atoms with Crippen LogP contribution >= 0.6 is 0 Å². The highest BCUT2D eigenvalue weighted by molar-refractivity contribution is 5.67. The Bertz CT molecular complexity index is 318. The summed E-state index contributed by atoms with van der Waals surface area (Å²) in [6.07, 6.45) is 2.97. The van der Waals surface area contributed by atoms with Crippen LogP contribution < -0.4 is 5.32 Å². The first-order valence-electron chi connectivity index (χ1n) is 5.83. The molecule has 4 heteroatoms. The lowest BCUT2D eigenvalue weighted by atomic mass is 10.2. The van der Waals surface area contributed by atoms with Crippen LogP contribution in [0, 0.1) is 0 Å². The second kappa shape index (κ2) is 7.65. The van der Waals surface area contributed by atoms with E-state index < -0.39 is 11.7 Å². The fourth-order valence-corrected chi connectivity index (χ4v) is 0.989. The number of aromatic nitrogens is 1. The molecule has 0 aliphatic rings. The second-order valence-corrected chi connectivity index (χ2v) is 4.21. The molecule has 0 aliphatic heterocycles. The molecule has 0 saturated heterocycles. The standard InChI is InChI=1S/C11H16N2O2.C2H6/c1-11(2,3)15-10(14)13-8-9-4-6-12-7-5-9;1-2/h4-7H,8H2,1-3H3,(H,13,14);1-2H3. The number of hydrogen-bond donors (Lipinski definition) is 1. The summed E-state index contributed by atoms with van der Waals surface area (Å²) in [4.78, 5) is 15.2. The van der Waals surface area contributed by atoms with Crippen molar-refractivity contribution in [1.29, 1.82) is 0 Å². The van der Waals surface area contributed by atoms with Crippen molar-refractivity contribution in [3.63, 3.8) is 0 Å². The predicted molar refractivity (Wildman–Crippen MR) is 68.7 cm³/mol. The van der Waals surface area contributed by atoms with Gasteiger partial charge in [0.25, 0.3) is 0 Å². The number of carbonyl (C=O) groups is 1. The molecule has 0 aromatic carbocycles. The molecule has 96 valence electrons. The molecule has 0 fully saturated rings. The molecule has 1 N–H and O–H groups in total. The van der Waals surface area contributed by atoms with Crippen molar-refractivity contribution in [1.82, 2.24) is 10.3 Å². The van der Waals surface area contributed by atoms with Crippen LogP contribution in [0.3, 0.4) is 0 Å². The molecular weight excluding hydrogens is 216 g/mol. The zero-order chi connectivity index (χ0) is 13.3. The van der Waals surface area contributed by atoms with E-state index in [1.807, 2.05) is 46.8 Å². The summed E-state index contributed by atoms with van der Waals surface area (Å²) in [6, 6.07) is 3.69. The lowest BCUT2D eigenvalue weighted by molar-refractivity contribution is 0.0523. The zero-order valence-corrected chi connectivity index (χ0v) is 11.3. The lowest BCUT2D eigenvalue weighted by Gasteiger charge is -2.19. The van der Waals surface area contributed by atoms with Crippen molar-refractivity contribution in [2.75, 3.05) is 0 Å². The fourth-order valence-electron chi connectivity index (χ4n) is 0.989. The molecule has 0 saturated carbocycles. The summed E-state index contributed by atoms with van der Waals surface area (Å²) >= 11 is 0. The number of amides is 1. The van der Waals surface area contributed by atoms with Gasteiger partial charge in [-0.3, -0.25) is 4.98 Å². The fraction of sp³-hybridized carbons (Fsp3) is 0.538. The van der Waals surface area contributed by atoms with Gasteiger partial charge in [-0.15, -0.1) is 0 Å². The van der Waals surface area contributed by atoms with E-state index in [0.29, 0.717) is 6.54 Å². The molecular formula is C13H22N2O2. The van der Waals surface area contributed by atoms with Gasteiger partial charge in [-0.25, -0.2) is 4.79 Å². The number of rotatable bonds is 2. The summed E-state index contributed by atoms with van der Waals surface area (Å²) in [7, 11) is 0. The van der Waals surface area contributed by atoms with E-state index in [4.69, 9.17) is 4.74 Å². The normalized spacial score (nSPS) is 9.94. The summed E-state index contributed by atoms with van der Waals surface area (Å²) in [5.41, 5.74) is 0.540. The van der Waals surface area contributed by atoms with E-state index in [-0.39, 0.29) is 0 Å². The summed E-state index contributed by atoms with van der Waals surface area (Å²) < 4.78 is 5.09. The smallest absolute Gasteiger partial charge is 0.407 e. The van der Waals surface area contributed by atoms with Crippen LogP contribution in [0.1, 0.15) is 40.2 Å². The number of hydrogen-bond acceptors (Lipinski definition) is 3. The lowest BCUT2D eigenvalue weighted by Crippen LogP contribution is -2.32. The van der Waals surface area contributed by atoms with Crippen molar-refractivity contribution in [2.45, 2.75) is 46.8 Å². The number of pyridine rings is 1. The number of alkyl carbamates (subject to hydrolysis) is 1. The van der Waals surface area contributed by atoms with Crippen LogP contribution in [-0.4, -0.2) is 16.7 Å². The highest BCUT2D eigenvalue weighted by atomic mass is 16.6. The highest BCUT2D eigenvalue weighted by Gasteiger charge is 2.15. The quantitative estimate of drug-likeness (QED) is 0.861. The Kier molecular flexibility index (Phi) is 6.94. The van der Waals surface area contributed by atoms with E-state index in [2.05, 4.69) is 10.3 Å². The van der Waals surface area contributed by atoms with Gasteiger partial charge in [0.1, 0.15) is 5.60 Å². The van der Waals surface area contributed by atoms with Crippen molar-refractivity contribution in [3.05, 3.63) is 30.1 Å². The number of carbonyl (C=O) groups excluding carboxylic acids is 1. The van der Waals surface area contributed by atoms with Crippen molar-refractivity contribution >= 4 is 6.09 Å². The van der Waals surface area contributed by atoms with Gasteiger partial charge >= 0.3 is 6.09 Å². The molecule has 1 rings (SSSR count). The van der Waals surface area contributed by atoms with E-state index >= 15 is 0 Å². The molecule has 1 amide bonds. The van der Waals surface area contributed by atoms with Crippen LogP contribution in [-0.2, 0) is 11.3 Å². The first-order chi connectivity index (χ1) is 7.97. The molecule has 0 aliphatic carbocycles. The van der Waals surface area contributed by atoms with Crippen molar-refractivity contribution in [3.8, 4) is 0 Å². The minimum absolute atomic E-state index is 0.403. The Morgan fingerprint density at radius 2 is 1.82 bits per heavy atom. The summed E-state index contributed by atoms with van der Waals surface area (Å²) in [5, 5.41) is 2.67. The van der Waals surface area contributed by atoms with Crippen LogP contribution in [0.5, 0.6) is 0 Å². The zero-order valence-electron chi connectivity index (χ0n) is 11.3.